The molecule has 1 aliphatic carbocycles. The molecule has 0 unspecified atom stereocenters. The number of halogens is 3. The number of rotatable bonds is 8. The highest BCUT2D eigenvalue weighted by molar-refractivity contribution is 6.05. The number of benzene rings is 3. The van der Waals surface area contributed by atoms with Crippen LogP contribution in [0.5, 0.6) is 0 Å². The Labute approximate surface area is 241 Å². The van der Waals surface area contributed by atoms with E-state index >= 15 is 0 Å². The zero-order valence-electron chi connectivity index (χ0n) is 23.4. The standard InChI is InChI=1S/C32H30F3N5O2/c1-19-7-10-26(38-31(42)24-11-20(17-40(2)3)12-25(14-24)32(33,34)35)15-27(19)22-5-4-6-23(13-22)28-16-29(37-18-36-28)39-30(41)21-8-9-21/h4-7,10-16,18,21H,8-9,17H2,1-3H3,(H,38,42)(H,36,37,39,41). The van der Waals surface area contributed by atoms with Gasteiger partial charge in [-0.05, 0) is 92.5 Å². The maximum atomic E-state index is 13.6. The number of carbonyl (C=O) groups excluding carboxylic acids is 2. The predicted molar refractivity (Wildman–Crippen MR) is 156 cm³/mol. The lowest BCUT2D eigenvalue weighted by Gasteiger charge is -2.16. The molecule has 10 heteroatoms. The van der Waals surface area contributed by atoms with E-state index in [0.717, 1.165) is 47.2 Å². The molecule has 3 aromatic carbocycles. The predicted octanol–water partition coefficient (Wildman–Crippen LogP) is 6.80. The van der Waals surface area contributed by atoms with Gasteiger partial charge in [0.2, 0.25) is 5.91 Å². The number of aromatic nitrogens is 2. The van der Waals surface area contributed by atoms with Gasteiger partial charge in [-0.2, -0.15) is 13.2 Å². The maximum absolute atomic E-state index is 13.6. The number of nitrogens with one attached hydrogen (secondary N) is 2. The third-order valence-corrected chi connectivity index (χ3v) is 6.91. The summed E-state index contributed by atoms with van der Waals surface area (Å²) < 4.78 is 40.7. The molecule has 0 spiro atoms. The van der Waals surface area contributed by atoms with E-state index in [1.165, 1.54) is 12.4 Å². The summed E-state index contributed by atoms with van der Waals surface area (Å²) in [5.74, 6) is -0.184. The van der Waals surface area contributed by atoms with Crippen LogP contribution in [0.15, 0.2) is 73.1 Å². The molecule has 7 nitrogen and oxygen atoms in total. The first-order valence-corrected chi connectivity index (χ1v) is 13.5. The minimum absolute atomic E-state index is 0.0399. The molecule has 0 atom stereocenters. The summed E-state index contributed by atoms with van der Waals surface area (Å²) in [7, 11) is 3.50. The monoisotopic (exact) mass is 573 g/mol. The van der Waals surface area contributed by atoms with Crippen molar-refractivity contribution in [1.29, 1.82) is 0 Å². The highest BCUT2D eigenvalue weighted by atomic mass is 19.4. The van der Waals surface area contributed by atoms with Gasteiger partial charge in [-0.25, -0.2) is 9.97 Å². The average Bonchev–Trinajstić information content (AvgIpc) is 3.79. The van der Waals surface area contributed by atoms with Gasteiger partial charge in [-0.1, -0.05) is 24.3 Å². The Balaban J connectivity index is 1.40. The fraction of sp³-hybridized carbons (Fsp3) is 0.250. The van der Waals surface area contributed by atoms with Crippen LogP contribution in [0.2, 0.25) is 0 Å². The van der Waals surface area contributed by atoms with Gasteiger partial charge in [-0.15, -0.1) is 0 Å². The normalized spacial score (nSPS) is 13.2. The molecule has 216 valence electrons. The molecule has 0 saturated heterocycles. The van der Waals surface area contributed by atoms with Crippen molar-refractivity contribution in [3.05, 3.63) is 95.3 Å². The Kier molecular flexibility index (Phi) is 8.08. The Bertz CT molecular complexity index is 1650. The van der Waals surface area contributed by atoms with E-state index in [2.05, 4.69) is 20.6 Å². The molecule has 4 aromatic rings. The molecule has 1 saturated carbocycles. The summed E-state index contributed by atoms with van der Waals surface area (Å²) in [5.41, 5.74) is 3.98. The van der Waals surface area contributed by atoms with Crippen molar-refractivity contribution in [2.75, 3.05) is 24.7 Å². The second-order valence-corrected chi connectivity index (χ2v) is 10.8. The van der Waals surface area contributed by atoms with Crippen molar-refractivity contribution in [2.24, 2.45) is 5.92 Å². The van der Waals surface area contributed by atoms with Crippen molar-refractivity contribution >= 4 is 23.3 Å². The number of carbonyl (C=O) groups is 2. The fourth-order valence-corrected chi connectivity index (χ4v) is 4.66. The number of aryl methyl sites for hydroxylation is 1. The quantitative estimate of drug-likeness (QED) is 0.242. The molecule has 1 fully saturated rings. The first-order valence-electron chi connectivity index (χ1n) is 13.5. The Morgan fingerprint density at radius 2 is 1.69 bits per heavy atom. The number of amides is 2. The first-order chi connectivity index (χ1) is 20.0. The van der Waals surface area contributed by atoms with Crippen molar-refractivity contribution in [2.45, 2.75) is 32.5 Å². The zero-order chi connectivity index (χ0) is 30.0. The van der Waals surface area contributed by atoms with Crippen LogP contribution in [0, 0.1) is 12.8 Å². The number of nitrogens with zero attached hydrogens (tertiary/aromatic N) is 3. The second-order valence-electron chi connectivity index (χ2n) is 10.8. The van der Waals surface area contributed by atoms with Crippen LogP contribution in [0.25, 0.3) is 22.4 Å². The second kappa shape index (κ2) is 11.7. The average molecular weight is 574 g/mol. The molecule has 2 N–H and O–H groups in total. The van der Waals surface area contributed by atoms with E-state index in [4.69, 9.17) is 0 Å². The summed E-state index contributed by atoms with van der Waals surface area (Å²) in [6.07, 6.45) is -1.39. The number of anilines is 2. The molecule has 0 bridgehead atoms. The lowest BCUT2D eigenvalue weighted by atomic mass is 9.97. The van der Waals surface area contributed by atoms with Crippen LogP contribution in [0.3, 0.4) is 0 Å². The third kappa shape index (κ3) is 7.01. The van der Waals surface area contributed by atoms with E-state index in [1.807, 2.05) is 37.3 Å². The molecule has 42 heavy (non-hydrogen) atoms. The van der Waals surface area contributed by atoms with Crippen molar-refractivity contribution in [1.82, 2.24) is 14.9 Å². The molecule has 0 radical (unpaired) electrons. The molecular formula is C32H30F3N5O2. The molecule has 2 amide bonds. The highest BCUT2D eigenvalue weighted by Crippen LogP contribution is 2.33. The maximum Gasteiger partial charge on any atom is 0.416 e. The largest absolute Gasteiger partial charge is 0.416 e. The summed E-state index contributed by atoms with van der Waals surface area (Å²) in [6, 6.07) is 18.2. The van der Waals surface area contributed by atoms with E-state index in [1.54, 1.807) is 37.2 Å². The Morgan fingerprint density at radius 1 is 0.929 bits per heavy atom. The minimum atomic E-state index is -4.58. The van der Waals surface area contributed by atoms with Gasteiger partial charge in [0.15, 0.2) is 0 Å². The lowest BCUT2D eigenvalue weighted by Crippen LogP contribution is -2.17. The fourth-order valence-electron chi connectivity index (χ4n) is 4.66. The molecule has 1 heterocycles. The number of hydrogen-bond donors (Lipinski definition) is 2. The van der Waals surface area contributed by atoms with Gasteiger partial charge < -0.3 is 15.5 Å². The van der Waals surface area contributed by atoms with Gasteiger partial charge in [0.05, 0.1) is 11.3 Å². The van der Waals surface area contributed by atoms with Crippen LogP contribution in [0.4, 0.5) is 24.7 Å². The highest BCUT2D eigenvalue weighted by Gasteiger charge is 2.32. The van der Waals surface area contributed by atoms with E-state index in [0.29, 0.717) is 22.8 Å². The smallest absolute Gasteiger partial charge is 0.322 e. The summed E-state index contributed by atoms with van der Waals surface area (Å²) in [5, 5.41) is 5.60. The van der Waals surface area contributed by atoms with Crippen molar-refractivity contribution in [3.8, 4) is 22.4 Å². The molecule has 1 aromatic heterocycles. The first kappa shape index (κ1) is 28.9. The molecular weight excluding hydrogens is 543 g/mol. The van der Waals surface area contributed by atoms with E-state index < -0.39 is 17.6 Å². The van der Waals surface area contributed by atoms with E-state index in [9.17, 15) is 22.8 Å². The lowest BCUT2D eigenvalue weighted by molar-refractivity contribution is -0.137. The van der Waals surface area contributed by atoms with Crippen LogP contribution in [0.1, 0.15) is 39.9 Å². The zero-order valence-corrected chi connectivity index (χ0v) is 23.4. The molecule has 5 rings (SSSR count). The molecule has 0 aliphatic heterocycles. The van der Waals surface area contributed by atoms with E-state index in [-0.39, 0.29) is 23.9 Å². The SMILES string of the molecule is Cc1ccc(NC(=O)c2cc(CN(C)C)cc(C(F)(F)F)c2)cc1-c1cccc(-c2cc(NC(=O)C3CC3)ncn2)c1. The Hall–Kier alpha value is -4.57. The van der Waals surface area contributed by atoms with Crippen LogP contribution < -0.4 is 10.6 Å². The van der Waals surface area contributed by atoms with Gasteiger partial charge in [0.1, 0.15) is 12.1 Å². The topological polar surface area (TPSA) is 87.2 Å². The number of alkyl halides is 3. The Morgan fingerprint density at radius 3 is 2.40 bits per heavy atom. The van der Waals surface area contributed by atoms with Gasteiger partial charge in [0, 0.05) is 35.3 Å². The van der Waals surface area contributed by atoms with Crippen LogP contribution in [-0.4, -0.2) is 40.8 Å². The summed E-state index contributed by atoms with van der Waals surface area (Å²) >= 11 is 0. The summed E-state index contributed by atoms with van der Waals surface area (Å²) in [6.45, 7) is 2.19. The van der Waals surface area contributed by atoms with Crippen molar-refractivity contribution < 1.29 is 22.8 Å². The van der Waals surface area contributed by atoms with Crippen LogP contribution in [-0.2, 0) is 17.5 Å². The van der Waals surface area contributed by atoms with Gasteiger partial charge in [0.25, 0.3) is 5.91 Å². The third-order valence-electron chi connectivity index (χ3n) is 6.91. The van der Waals surface area contributed by atoms with Gasteiger partial charge in [-0.3, -0.25) is 9.59 Å². The number of hydrogen-bond acceptors (Lipinski definition) is 5. The van der Waals surface area contributed by atoms with Crippen molar-refractivity contribution in [3.63, 3.8) is 0 Å². The van der Waals surface area contributed by atoms with Gasteiger partial charge >= 0.3 is 6.18 Å². The summed E-state index contributed by atoms with van der Waals surface area (Å²) in [4.78, 5) is 35.6. The minimum Gasteiger partial charge on any atom is -0.322 e. The van der Waals surface area contributed by atoms with Crippen LogP contribution >= 0.6 is 0 Å². The molecule has 1 aliphatic rings.